The van der Waals surface area contributed by atoms with Crippen LogP contribution in [0.25, 0.3) is 0 Å². The molecule has 0 bridgehead atoms. The van der Waals surface area contributed by atoms with Crippen LogP contribution in [-0.4, -0.2) is 37.3 Å². The van der Waals surface area contributed by atoms with Crippen LogP contribution in [0.15, 0.2) is 47.6 Å². The molecular weight excluding hydrogens is 296 g/mol. The van der Waals surface area contributed by atoms with Crippen molar-refractivity contribution in [2.24, 2.45) is 5.10 Å². The summed E-state index contributed by atoms with van der Waals surface area (Å²) in [5, 5.41) is 4.88. The number of rotatable bonds is 4. The maximum absolute atomic E-state index is 12.2. The Morgan fingerprint density at radius 3 is 2.09 bits per heavy atom. The van der Waals surface area contributed by atoms with Crippen molar-refractivity contribution in [2.75, 3.05) is 14.2 Å². The van der Waals surface area contributed by atoms with Gasteiger partial charge in [-0.3, -0.25) is 9.59 Å². The van der Waals surface area contributed by atoms with Crippen molar-refractivity contribution >= 4 is 18.0 Å². The number of amides is 2. The second kappa shape index (κ2) is 5.92. The van der Waals surface area contributed by atoms with Crippen LogP contribution >= 0.6 is 0 Å². The van der Waals surface area contributed by atoms with Crippen molar-refractivity contribution < 1.29 is 19.1 Å². The number of carbonyl (C=O) groups excluding carboxylic acids is 2. The summed E-state index contributed by atoms with van der Waals surface area (Å²) in [5.74, 6) is 0.272. The number of benzene rings is 2. The number of methoxy groups -OCH3 is 2. The SMILES string of the molecule is COc1ccc(C=NN2C(=O)c3ccccc3C2=O)cc1OC. The molecule has 0 radical (unpaired) electrons. The van der Waals surface area contributed by atoms with Crippen LogP contribution in [0.1, 0.15) is 26.3 Å². The molecule has 6 nitrogen and oxygen atoms in total. The molecule has 0 saturated heterocycles. The van der Waals surface area contributed by atoms with Gasteiger partial charge in [-0.25, -0.2) is 0 Å². The van der Waals surface area contributed by atoms with E-state index in [2.05, 4.69) is 5.10 Å². The van der Waals surface area contributed by atoms with Crippen molar-refractivity contribution in [3.05, 3.63) is 59.2 Å². The normalized spacial score (nSPS) is 13.6. The molecule has 0 spiro atoms. The summed E-state index contributed by atoms with van der Waals surface area (Å²) in [5.41, 5.74) is 1.41. The standard InChI is InChI=1S/C17H14N2O4/c1-22-14-8-7-11(9-15(14)23-2)10-18-19-16(20)12-5-3-4-6-13(12)17(19)21/h3-10H,1-2H3. The van der Waals surface area contributed by atoms with Crippen molar-refractivity contribution in [3.8, 4) is 11.5 Å². The fourth-order valence-corrected chi connectivity index (χ4v) is 2.34. The minimum absolute atomic E-state index is 0.363. The molecule has 0 atom stereocenters. The van der Waals surface area contributed by atoms with E-state index in [9.17, 15) is 9.59 Å². The molecule has 0 saturated carbocycles. The Balaban J connectivity index is 1.87. The first-order chi connectivity index (χ1) is 11.2. The summed E-state index contributed by atoms with van der Waals surface area (Å²) in [6, 6.07) is 11.8. The minimum Gasteiger partial charge on any atom is -0.493 e. The molecule has 2 amide bonds. The molecule has 1 aliphatic heterocycles. The Labute approximate surface area is 132 Å². The third kappa shape index (κ3) is 2.55. The number of imide groups is 1. The molecule has 0 fully saturated rings. The lowest BCUT2D eigenvalue weighted by atomic mass is 10.1. The molecule has 0 unspecified atom stereocenters. The zero-order chi connectivity index (χ0) is 16.4. The van der Waals surface area contributed by atoms with E-state index in [4.69, 9.17) is 9.47 Å². The smallest absolute Gasteiger partial charge is 0.282 e. The third-order valence-electron chi connectivity index (χ3n) is 3.50. The quantitative estimate of drug-likeness (QED) is 0.642. The van der Waals surface area contributed by atoms with Gasteiger partial charge in [0, 0.05) is 0 Å². The maximum atomic E-state index is 12.2. The third-order valence-corrected chi connectivity index (χ3v) is 3.50. The zero-order valence-corrected chi connectivity index (χ0v) is 12.6. The number of hydrogen-bond donors (Lipinski definition) is 0. The van der Waals surface area contributed by atoms with Gasteiger partial charge < -0.3 is 9.47 Å². The number of hydrazone groups is 1. The highest BCUT2D eigenvalue weighted by atomic mass is 16.5. The van der Waals surface area contributed by atoms with Crippen molar-refractivity contribution in [2.45, 2.75) is 0 Å². The largest absolute Gasteiger partial charge is 0.493 e. The molecule has 2 aromatic rings. The van der Waals surface area contributed by atoms with E-state index in [1.807, 2.05) is 0 Å². The van der Waals surface area contributed by atoms with Crippen LogP contribution in [-0.2, 0) is 0 Å². The van der Waals surface area contributed by atoms with E-state index < -0.39 is 11.8 Å². The van der Waals surface area contributed by atoms with E-state index >= 15 is 0 Å². The monoisotopic (exact) mass is 310 g/mol. The Kier molecular flexibility index (Phi) is 3.80. The second-order valence-electron chi connectivity index (χ2n) is 4.83. The summed E-state index contributed by atoms with van der Waals surface area (Å²) in [7, 11) is 3.08. The van der Waals surface area contributed by atoms with Crippen LogP contribution in [0.4, 0.5) is 0 Å². The van der Waals surface area contributed by atoms with E-state index in [1.165, 1.54) is 13.3 Å². The first kappa shape index (κ1) is 14.8. The molecule has 6 heteroatoms. The van der Waals surface area contributed by atoms with E-state index in [0.29, 0.717) is 28.2 Å². The van der Waals surface area contributed by atoms with Crippen molar-refractivity contribution in [3.63, 3.8) is 0 Å². The lowest BCUT2D eigenvalue weighted by Gasteiger charge is -2.08. The number of ether oxygens (including phenoxy) is 2. The summed E-state index contributed by atoms with van der Waals surface area (Å²) in [6.45, 7) is 0. The van der Waals surface area contributed by atoms with Crippen LogP contribution in [0.5, 0.6) is 11.5 Å². The Morgan fingerprint density at radius 2 is 1.52 bits per heavy atom. The van der Waals surface area contributed by atoms with Crippen LogP contribution < -0.4 is 9.47 Å². The maximum Gasteiger partial charge on any atom is 0.282 e. The highest BCUT2D eigenvalue weighted by Gasteiger charge is 2.35. The highest BCUT2D eigenvalue weighted by molar-refractivity contribution is 6.21. The summed E-state index contributed by atoms with van der Waals surface area (Å²) < 4.78 is 10.4. The second-order valence-corrected chi connectivity index (χ2v) is 4.83. The van der Waals surface area contributed by atoms with Gasteiger partial charge in [-0.1, -0.05) is 12.1 Å². The summed E-state index contributed by atoms with van der Waals surface area (Å²) in [4.78, 5) is 24.4. The van der Waals surface area contributed by atoms with Crippen LogP contribution in [0, 0.1) is 0 Å². The van der Waals surface area contributed by atoms with Gasteiger partial charge in [0.1, 0.15) is 0 Å². The topological polar surface area (TPSA) is 68.2 Å². The predicted octanol–water partition coefficient (Wildman–Crippen LogP) is 2.33. The molecule has 116 valence electrons. The fourth-order valence-electron chi connectivity index (χ4n) is 2.34. The molecule has 0 aliphatic carbocycles. The van der Waals surface area contributed by atoms with Gasteiger partial charge in [0.05, 0.1) is 31.6 Å². The lowest BCUT2D eigenvalue weighted by molar-refractivity contribution is 0.0660. The Bertz CT molecular complexity index is 779. The van der Waals surface area contributed by atoms with Gasteiger partial charge in [0.15, 0.2) is 11.5 Å². The molecule has 1 aliphatic rings. The van der Waals surface area contributed by atoms with Crippen molar-refractivity contribution in [1.29, 1.82) is 0 Å². The molecule has 0 N–H and O–H groups in total. The van der Waals surface area contributed by atoms with E-state index in [1.54, 1.807) is 49.6 Å². The summed E-state index contributed by atoms with van der Waals surface area (Å²) >= 11 is 0. The number of nitrogens with zero attached hydrogens (tertiary/aromatic N) is 2. The summed E-state index contributed by atoms with van der Waals surface area (Å²) in [6.07, 6.45) is 1.43. The first-order valence-corrected chi connectivity index (χ1v) is 6.89. The van der Waals surface area contributed by atoms with Crippen LogP contribution in [0.3, 0.4) is 0 Å². The van der Waals surface area contributed by atoms with Gasteiger partial charge in [-0.2, -0.15) is 10.1 Å². The van der Waals surface area contributed by atoms with Gasteiger partial charge in [0.25, 0.3) is 11.8 Å². The number of hydrogen-bond acceptors (Lipinski definition) is 5. The zero-order valence-electron chi connectivity index (χ0n) is 12.6. The first-order valence-electron chi connectivity index (χ1n) is 6.89. The van der Waals surface area contributed by atoms with Crippen molar-refractivity contribution in [1.82, 2.24) is 5.01 Å². The average molecular weight is 310 g/mol. The fraction of sp³-hybridized carbons (Fsp3) is 0.118. The molecule has 23 heavy (non-hydrogen) atoms. The van der Waals surface area contributed by atoms with Gasteiger partial charge in [0.2, 0.25) is 0 Å². The predicted molar refractivity (Wildman–Crippen MR) is 84.1 cm³/mol. The van der Waals surface area contributed by atoms with Crippen LogP contribution in [0.2, 0.25) is 0 Å². The van der Waals surface area contributed by atoms with E-state index in [-0.39, 0.29) is 0 Å². The van der Waals surface area contributed by atoms with Gasteiger partial charge in [-0.05, 0) is 35.9 Å². The lowest BCUT2D eigenvalue weighted by Crippen LogP contribution is -2.23. The molecule has 3 rings (SSSR count). The van der Waals surface area contributed by atoms with Gasteiger partial charge >= 0.3 is 0 Å². The minimum atomic E-state index is -0.428. The van der Waals surface area contributed by atoms with Gasteiger partial charge in [-0.15, -0.1) is 0 Å². The molecule has 1 heterocycles. The molecular formula is C17H14N2O4. The number of carbonyl (C=O) groups is 2. The van der Waals surface area contributed by atoms with E-state index in [0.717, 1.165) is 5.01 Å². The highest BCUT2D eigenvalue weighted by Crippen LogP contribution is 2.27. The Hall–Kier alpha value is -3.15. The molecule has 0 aromatic heterocycles. The Morgan fingerprint density at radius 1 is 0.913 bits per heavy atom. The number of fused-ring (bicyclic) bond motifs is 1. The average Bonchev–Trinajstić information content (AvgIpc) is 2.84. The molecule has 2 aromatic carbocycles.